The lowest BCUT2D eigenvalue weighted by Crippen LogP contribution is -2.38. The molecule has 2 aliphatic heterocycles. The summed E-state index contributed by atoms with van der Waals surface area (Å²) in [5.74, 6) is 1.00. The summed E-state index contributed by atoms with van der Waals surface area (Å²) in [4.78, 5) is 10.6. The predicted molar refractivity (Wildman–Crippen MR) is 55.5 cm³/mol. The number of hydrogen-bond donors (Lipinski definition) is 0. The van der Waals surface area contributed by atoms with Crippen LogP contribution < -0.4 is 4.57 Å². The molecule has 0 bridgehead atoms. The number of aromatic nitrogens is 2. The SMILES string of the molecule is Cc1n(CC2CO2)c([N+](=O)[O-])c[n+]1CC1CO1. The smallest absolute Gasteiger partial charge is 0.365 e. The van der Waals surface area contributed by atoms with Crippen LogP contribution in [-0.4, -0.2) is 34.9 Å². The van der Waals surface area contributed by atoms with Crippen LogP contribution in [0.1, 0.15) is 5.82 Å². The molecule has 0 N–H and O–H groups in total. The molecule has 0 aliphatic carbocycles. The highest BCUT2D eigenvalue weighted by molar-refractivity contribution is 5.15. The molecule has 0 aromatic carbocycles. The van der Waals surface area contributed by atoms with Crippen LogP contribution in [0.15, 0.2) is 6.20 Å². The van der Waals surface area contributed by atoms with Crippen molar-refractivity contribution >= 4 is 5.82 Å². The van der Waals surface area contributed by atoms with Crippen LogP contribution in [0, 0.1) is 17.0 Å². The summed E-state index contributed by atoms with van der Waals surface area (Å²) in [7, 11) is 0. The van der Waals surface area contributed by atoms with Crippen molar-refractivity contribution in [3.8, 4) is 0 Å². The standard InChI is InChI=1S/C10H14N3O4/c1-7-11(2-8-5-16-8)4-10(13(14)15)12(7)3-9-6-17-9/h4,8-9H,2-3,5-6H2,1H3/q+1. The van der Waals surface area contributed by atoms with Crippen molar-refractivity contribution in [2.75, 3.05) is 13.2 Å². The molecule has 2 saturated heterocycles. The van der Waals surface area contributed by atoms with E-state index in [4.69, 9.17) is 9.47 Å². The first kappa shape index (κ1) is 10.7. The number of imidazole rings is 1. The van der Waals surface area contributed by atoms with Crippen molar-refractivity contribution in [2.24, 2.45) is 0 Å². The molecule has 2 fully saturated rings. The van der Waals surface area contributed by atoms with Gasteiger partial charge in [-0.2, -0.15) is 4.57 Å². The zero-order valence-electron chi connectivity index (χ0n) is 9.54. The highest BCUT2D eigenvalue weighted by Gasteiger charge is 2.34. The van der Waals surface area contributed by atoms with Gasteiger partial charge in [0.15, 0.2) is 6.20 Å². The van der Waals surface area contributed by atoms with Crippen LogP contribution in [0.5, 0.6) is 0 Å². The Morgan fingerprint density at radius 3 is 2.71 bits per heavy atom. The maximum Gasteiger partial charge on any atom is 0.365 e. The second-order valence-corrected chi connectivity index (χ2v) is 4.47. The lowest BCUT2D eigenvalue weighted by Gasteiger charge is -1.99. The van der Waals surface area contributed by atoms with Crippen LogP contribution >= 0.6 is 0 Å². The van der Waals surface area contributed by atoms with E-state index in [1.807, 2.05) is 11.5 Å². The Kier molecular flexibility index (Phi) is 2.37. The molecule has 0 spiro atoms. The van der Waals surface area contributed by atoms with Gasteiger partial charge in [-0.3, -0.25) is 0 Å². The monoisotopic (exact) mass is 240 g/mol. The number of nitrogens with zero attached hydrogens (tertiary/aromatic N) is 3. The average molecular weight is 240 g/mol. The number of ether oxygens (including phenoxy) is 2. The topological polar surface area (TPSA) is 77.0 Å². The zero-order chi connectivity index (χ0) is 12.0. The van der Waals surface area contributed by atoms with Gasteiger partial charge in [0.05, 0.1) is 13.2 Å². The van der Waals surface area contributed by atoms with Crippen LogP contribution in [0.2, 0.25) is 0 Å². The molecule has 2 unspecified atom stereocenters. The predicted octanol–water partition coefficient (Wildman–Crippen LogP) is -0.210. The first-order chi connectivity index (χ1) is 8.15. The molecule has 7 nitrogen and oxygen atoms in total. The normalized spacial score (nSPS) is 25.9. The van der Waals surface area contributed by atoms with Gasteiger partial charge >= 0.3 is 5.82 Å². The summed E-state index contributed by atoms with van der Waals surface area (Å²) in [6.07, 6.45) is 1.93. The van der Waals surface area contributed by atoms with Gasteiger partial charge in [-0.15, -0.1) is 0 Å². The van der Waals surface area contributed by atoms with Crippen molar-refractivity contribution in [1.82, 2.24) is 4.57 Å². The lowest BCUT2D eigenvalue weighted by atomic mass is 10.4. The molecule has 2 aliphatic rings. The van der Waals surface area contributed by atoms with Crippen molar-refractivity contribution < 1.29 is 19.0 Å². The third-order valence-electron chi connectivity index (χ3n) is 3.13. The molecular weight excluding hydrogens is 226 g/mol. The fraction of sp³-hybridized carbons (Fsp3) is 0.700. The molecule has 1 aromatic heterocycles. The maximum absolute atomic E-state index is 11.0. The van der Waals surface area contributed by atoms with Crippen LogP contribution in [0.3, 0.4) is 0 Å². The number of nitro groups is 1. The van der Waals surface area contributed by atoms with Crippen LogP contribution in [0.4, 0.5) is 5.82 Å². The third-order valence-corrected chi connectivity index (χ3v) is 3.13. The molecule has 3 heterocycles. The van der Waals surface area contributed by atoms with Crippen molar-refractivity contribution in [1.29, 1.82) is 0 Å². The van der Waals surface area contributed by atoms with Gasteiger partial charge in [-0.1, -0.05) is 0 Å². The van der Waals surface area contributed by atoms with Crippen LogP contribution in [-0.2, 0) is 22.6 Å². The first-order valence-corrected chi connectivity index (χ1v) is 5.62. The van der Waals surface area contributed by atoms with Gasteiger partial charge in [0.1, 0.15) is 25.3 Å². The van der Waals surface area contributed by atoms with E-state index in [1.165, 1.54) is 0 Å². The van der Waals surface area contributed by atoms with E-state index in [-0.39, 0.29) is 22.9 Å². The van der Waals surface area contributed by atoms with Gasteiger partial charge < -0.3 is 19.6 Å². The Balaban J connectivity index is 1.90. The van der Waals surface area contributed by atoms with E-state index < -0.39 is 0 Å². The van der Waals surface area contributed by atoms with Crippen molar-refractivity contribution in [2.45, 2.75) is 32.2 Å². The Labute approximate surface area is 97.7 Å². The molecule has 92 valence electrons. The lowest BCUT2D eigenvalue weighted by molar-refractivity contribution is -0.704. The minimum atomic E-state index is -0.348. The van der Waals surface area contributed by atoms with E-state index in [0.717, 1.165) is 12.4 Å². The summed E-state index contributed by atoms with van der Waals surface area (Å²) in [5.41, 5.74) is 0. The molecular formula is C10H14N3O4+. The van der Waals surface area contributed by atoms with Gasteiger partial charge in [-0.25, -0.2) is 4.57 Å². The molecule has 17 heavy (non-hydrogen) atoms. The van der Waals surface area contributed by atoms with Gasteiger partial charge in [0, 0.05) is 6.92 Å². The molecule has 1 aromatic rings. The Hall–Kier alpha value is -1.47. The van der Waals surface area contributed by atoms with E-state index in [9.17, 15) is 10.1 Å². The highest BCUT2D eigenvalue weighted by Crippen LogP contribution is 2.19. The zero-order valence-corrected chi connectivity index (χ0v) is 9.54. The maximum atomic E-state index is 11.0. The summed E-state index contributed by atoms with van der Waals surface area (Å²) < 4.78 is 13.9. The summed E-state index contributed by atoms with van der Waals surface area (Å²) in [6.45, 7) is 4.57. The molecule has 0 saturated carbocycles. The fourth-order valence-electron chi connectivity index (χ4n) is 1.95. The summed E-state index contributed by atoms with van der Waals surface area (Å²) >= 11 is 0. The van der Waals surface area contributed by atoms with E-state index in [1.54, 1.807) is 10.8 Å². The van der Waals surface area contributed by atoms with Crippen molar-refractivity contribution in [3.63, 3.8) is 0 Å². The van der Waals surface area contributed by atoms with Gasteiger partial charge in [-0.05, 0) is 4.92 Å². The summed E-state index contributed by atoms with van der Waals surface area (Å²) in [6, 6.07) is 0. The minimum Gasteiger partial charge on any atom is -0.369 e. The number of hydrogen-bond acceptors (Lipinski definition) is 4. The largest absolute Gasteiger partial charge is 0.369 e. The minimum absolute atomic E-state index is 0.124. The van der Waals surface area contributed by atoms with E-state index >= 15 is 0 Å². The molecule has 7 heteroatoms. The fourth-order valence-corrected chi connectivity index (χ4v) is 1.95. The van der Waals surface area contributed by atoms with Crippen LogP contribution in [0.25, 0.3) is 0 Å². The quantitative estimate of drug-likeness (QED) is 0.309. The average Bonchev–Trinajstić information content (AvgIpc) is 3.14. The van der Waals surface area contributed by atoms with E-state index in [0.29, 0.717) is 19.7 Å². The highest BCUT2D eigenvalue weighted by atomic mass is 16.6. The molecule has 0 radical (unpaired) electrons. The molecule has 2 atom stereocenters. The number of rotatable bonds is 5. The Morgan fingerprint density at radius 1 is 1.53 bits per heavy atom. The Bertz CT molecular complexity index is 462. The summed E-state index contributed by atoms with van der Waals surface area (Å²) in [5, 5.41) is 11.0. The number of epoxide rings is 2. The molecule has 3 rings (SSSR count). The second-order valence-electron chi connectivity index (χ2n) is 4.47. The van der Waals surface area contributed by atoms with Gasteiger partial charge in [0.2, 0.25) is 0 Å². The van der Waals surface area contributed by atoms with E-state index in [2.05, 4.69) is 0 Å². The second kappa shape index (κ2) is 3.78. The van der Waals surface area contributed by atoms with Gasteiger partial charge in [0.25, 0.3) is 5.82 Å². The molecule has 0 amide bonds. The first-order valence-electron chi connectivity index (χ1n) is 5.62. The third kappa shape index (κ3) is 2.16. The van der Waals surface area contributed by atoms with Crippen molar-refractivity contribution in [3.05, 3.63) is 22.1 Å². The Morgan fingerprint density at radius 2 is 2.18 bits per heavy atom.